The zero-order valence-corrected chi connectivity index (χ0v) is 18.4. The molecule has 4 aliphatic rings. The van der Waals surface area contributed by atoms with Gasteiger partial charge in [-0.15, -0.1) is 0 Å². The van der Waals surface area contributed by atoms with E-state index in [0.717, 1.165) is 25.7 Å². The summed E-state index contributed by atoms with van der Waals surface area (Å²) in [5.41, 5.74) is 7.91. The van der Waals surface area contributed by atoms with Crippen LogP contribution in [0.4, 0.5) is 0 Å². The van der Waals surface area contributed by atoms with E-state index in [-0.39, 0.29) is 40.8 Å². The molecule has 2 unspecified atom stereocenters. The quantitative estimate of drug-likeness (QED) is 0.565. The number of fused-ring (bicyclic) bond motifs is 5. The summed E-state index contributed by atoms with van der Waals surface area (Å²) in [5, 5.41) is 0. The fourth-order valence-electron chi connectivity index (χ4n) is 6.94. The van der Waals surface area contributed by atoms with Gasteiger partial charge in [-0.1, -0.05) is 37.1 Å². The first-order chi connectivity index (χ1) is 14.1. The van der Waals surface area contributed by atoms with Crippen LogP contribution >= 0.6 is 0 Å². The Balaban J connectivity index is 1.60. The third-order valence-electron chi connectivity index (χ3n) is 8.36. The molecule has 0 saturated heterocycles. The summed E-state index contributed by atoms with van der Waals surface area (Å²) < 4.78 is 5.18. The Hall–Kier alpha value is -2.01. The van der Waals surface area contributed by atoms with E-state index >= 15 is 0 Å². The van der Waals surface area contributed by atoms with Crippen molar-refractivity contribution in [1.82, 2.24) is 0 Å². The third-order valence-corrected chi connectivity index (χ3v) is 8.36. The van der Waals surface area contributed by atoms with Crippen LogP contribution in [0.25, 0.3) is 0 Å². The zero-order chi connectivity index (χ0) is 21.8. The molecular weight excluding hydrogens is 378 g/mol. The van der Waals surface area contributed by atoms with Crippen LogP contribution in [0.1, 0.15) is 53.4 Å². The second-order valence-corrected chi connectivity index (χ2v) is 10.3. The topological polar surface area (TPSA) is 86.5 Å². The van der Waals surface area contributed by atoms with Gasteiger partial charge in [-0.2, -0.15) is 0 Å². The Morgan fingerprint density at radius 1 is 1.33 bits per heavy atom. The molecule has 30 heavy (non-hydrogen) atoms. The van der Waals surface area contributed by atoms with Crippen molar-refractivity contribution < 1.29 is 19.1 Å². The predicted octanol–water partition coefficient (Wildman–Crippen LogP) is 3.54. The summed E-state index contributed by atoms with van der Waals surface area (Å²) in [6.45, 7) is 8.02. The van der Waals surface area contributed by atoms with Crippen LogP contribution in [0.2, 0.25) is 0 Å². The highest BCUT2D eigenvalue weighted by molar-refractivity contribution is 6.01. The summed E-state index contributed by atoms with van der Waals surface area (Å²) in [7, 11) is 0. The first kappa shape index (κ1) is 21.2. The van der Waals surface area contributed by atoms with Crippen LogP contribution in [0.15, 0.2) is 35.5 Å². The molecule has 0 bridgehead atoms. The SMILES string of the molecule is C[C@H](N)C(=O)OCC(=O)[C@H]1[C@@H](C)CC2C3CCC4=CC(=O)C=C[C@]4(C)C3=CC[C@@]21C. The van der Waals surface area contributed by atoms with Gasteiger partial charge in [0, 0.05) is 11.3 Å². The average Bonchev–Trinajstić information content (AvgIpc) is 2.96. The first-order valence-electron chi connectivity index (χ1n) is 11.2. The van der Waals surface area contributed by atoms with Gasteiger partial charge < -0.3 is 10.5 Å². The monoisotopic (exact) mass is 411 g/mol. The number of hydrogen-bond acceptors (Lipinski definition) is 5. The molecule has 2 N–H and O–H groups in total. The maximum Gasteiger partial charge on any atom is 0.323 e. The summed E-state index contributed by atoms with van der Waals surface area (Å²) in [6, 6.07) is -0.719. The molecule has 0 aromatic carbocycles. The van der Waals surface area contributed by atoms with Gasteiger partial charge in [-0.25, -0.2) is 0 Å². The summed E-state index contributed by atoms with van der Waals surface area (Å²) in [5.74, 6) is 0.565. The standard InChI is InChI=1S/C25H33NO4/c1-14-11-20-18-6-5-16-12-17(27)7-9-24(16,3)19(18)8-10-25(20,4)22(14)21(28)13-30-23(29)15(2)26/h7-9,12,14-15,18,20,22H,5-6,10-11,13,26H2,1-4H3/t14-,15-,18?,20?,22+,24-,25-/m0/s1. The fraction of sp³-hybridized carbons (Fsp3) is 0.640. The number of allylic oxidation sites excluding steroid dienone is 6. The maximum atomic E-state index is 13.1. The highest BCUT2D eigenvalue weighted by Gasteiger charge is 2.59. The number of rotatable bonds is 4. The average molecular weight is 412 g/mol. The highest BCUT2D eigenvalue weighted by Crippen LogP contribution is 2.65. The minimum atomic E-state index is -0.719. The molecule has 0 amide bonds. The van der Waals surface area contributed by atoms with Gasteiger partial charge in [0.15, 0.2) is 11.6 Å². The summed E-state index contributed by atoms with van der Waals surface area (Å²) >= 11 is 0. The Bertz CT molecular complexity index is 882. The van der Waals surface area contributed by atoms with Crippen LogP contribution in [-0.4, -0.2) is 30.2 Å². The Morgan fingerprint density at radius 2 is 2.07 bits per heavy atom. The van der Waals surface area contributed by atoms with Gasteiger partial charge in [0.25, 0.3) is 0 Å². The predicted molar refractivity (Wildman–Crippen MR) is 114 cm³/mol. The van der Waals surface area contributed by atoms with Crippen molar-refractivity contribution in [2.24, 2.45) is 40.2 Å². The van der Waals surface area contributed by atoms with Crippen molar-refractivity contribution in [3.05, 3.63) is 35.5 Å². The molecule has 0 radical (unpaired) electrons. The number of ether oxygens (including phenoxy) is 1. The number of esters is 1. The molecule has 4 rings (SSSR count). The molecule has 0 aromatic rings. The molecule has 0 spiro atoms. The molecular formula is C25H33NO4. The first-order valence-corrected chi connectivity index (χ1v) is 11.2. The Labute approximate surface area is 178 Å². The normalized spacial score (nSPS) is 40.5. The van der Waals surface area contributed by atoms with Crippen LogP contribution in [-0.2, 0) is 19.1 Å². The van der Waals surface area contributed by atoms with Crippen molar-refractivity contribution in [2.45, 2.75) is 59.4 Å². The minimum Gasteiger partial charge on any atom is -0.457 e. The highest BCUT2D eigenvalue weighted by atomic mass is 16.5. The molecule has 0 heterocycles. The molecule has 5 heteroatoms. The molecule has 2 saturated carbocycles. The Morgan fingerprint density at radius 3 is 2.77 bits per heavy atom. The van der Waals surface area contributed by atoms with Crippen LogP contribution < -0.4 is 5.73 Å². The van der Waals surface area contributed by atoms with Crippen LogP contribution in [0, 0.1) is 34.5 Å². The van der Waals surface area contributed by atoms with E-state index in [1.807, 2.05) is 6.08 Å². The van der Waals surface area contributed by atoms with E-state index < -0.39 is 12.0 Å². The Kier molecular flexibility index (Phi) is 5.16. The fourth-order valence-corrected chi connectivity index (χ4v) is 6.94. The smallest absolute Gasteiger partial charge is 0.323 e. The largest absolute Gasteiger partial charge is 0.457 e. The molecule has 4 aliphatic carbocycles. The molecule has 0 aromatic heterocycles. The van der Waals surface area contributed by atoms with Crippen molar-refractivity contribution in [2.75, 3.05) is 6.61 Å². The van der Waals surface area contributed by atoms with E-state index in [1.165, 1.54) is 11.1 Å². The molecule has 162 valence electrons. The van der Waals surface area contributed by atoms with Gasteiger partial charge in [-0.05, 0) is 74.9 Å². The van der Waals surface area contributed by atoms with E-state index in [2.05, 4.69) is 32.9 Å². The van der Waals surface area contributed by atoms with Crippen LogP contribution in [0.5, 0.6) is 0 Å². The van der Waals surface area contributed by atoms with Gasteiger partial charge in [0.2, 0.25) is 0 Å². The molecule has 0 aliphatic heterocycles. The lowest BCUT2D eigenvalue weighted by Gasteiger charge is -2.52. The lowest BCUT2D eigenvalue weighted by molar-refractivity contribution is -0.151. The number of carbonyl (C=O) groups is 3. The number of nitrogens with two attached hydrogens (primary N) is 1. The summed E-state index contributed by atoms with van der Waals surface area (Å²) in [4.78, 5) is 36.8. The second kappa shape index (κ2) is 7.30. The van der Waals surface area contributed by atoms with Crippen LogP contribution in [0.3, 0.4) is 0 Å². The second-order valence-electron chi connectivity index (χ2n) is 10.3. The lowest BCUT2D eigenvalue weighted by Crippen LogP contribution is -2.45. The number of Topliss-reactive ketones (excluding diaryl/α,β-unsaturated/α-hetero) is 1. The lowest BCUT2D eigenvalue weighted by atomic mass is 9.52. The maximum absolute atomic E-state index is 13.1. The van der Waals surface area contributed by atoms with Crippen molar-refractivity contribution >= 4 is 17.5 Å². The number of carbonyl (C=O) groups excluding carboxylic acids is 3. The van der Waals surface area contributed by atoms with Crippen molar-refractivity contribution in [3.8, 4) is 0 Å². The van der Waals surface area contributed by atoms with E-state index in [4.69, 9.17) is 10.5 Å². The summed E-state index contributed by atoms with van der Waals surface area (Å²) in [6.07, 6.45) is 11.8. The number of ketones is 2. The van der Waals surface area contributed by atoms with E-state index in [1.54, 1.807) is 13.0 Å². The van der Waals surface area contributed by atoms with Gasteiger partial charge in [0.1, 0.15) is 12.6 Å². The van der Waals surface area contributed by atoms with Gasteiger partial charge in [0.05, 0.1) is 0 Å². The minimum absolute atomic E-state index is 0.0177. The van der Waals surface area contributed by atoms with Gasteiger partial charge in [-0.3, -0.25) is 14.4 Å². The van der Waals surface area contributed by atoms with E-state index in [9.17, 15) is 14.4 Å². The van der Waals surface area contributed by atoms with Gasteiger partial charge >= 0.3 is 5.97 Å². The van der Waals surface area contributed by atoms with Crippen molar-refractivity contribution in [1.29, 1.82) is 0 Å². The molecule has 7 atom stereocenters. The van der Waals surface area contributed by atoms with Crippen molar-refractivity contribution in [3.63, 3.8) is 0 Å². The van der Waals surface area contributed by atoms with E-state index in [0.29, 0.717) is 11.8 Å². The molecule has 5 nitrogen and oxygen atoms in total. The number of hydrogen-bond donors (Lipinski definition) is 1. The zero-order valence-electron chi connectivity index (χ0n) is 18.4. The third kappa shape index (κ3) is 3.13. The molecule has 2 fully saturated rings.